The van der Waals surface area contributed by atoms with Crippen molar-refractivity contribution in [2.75, 3.05) is 0 Å². The Morgan fingerprint density at radius 2 is 0.788 bits per heavy atom. The van der Waals surface area contributed by atoms with Crippen LogP contribution in [0.2, 0.25) is 0 Å². The molecule has 8 nitrogen and oxygen atoms in total. The van der Waals surface area contributed by atoms with Gasteiger partial charge in [0.15, 0.2) is 0 Å². The third kappa shape index (κ3) is 5.73. The Balaban J connectivity index is 1.07. The van der Waals surface area contributed by atoms with Crippen molar-refractivity contribution in [3.8, 4) is 0 Å². The van der Waals surface area contributed by atoms with Gasteiger partial charge in [-0.25, -0.2) is 0 Å². The molecule has 0 amide bonds. The highest BCUT2D eigenvalue weighted by molar-refractivity contribution is 7.07. The third-order valence-electron chi connectivity index (χ3n) is 9.10. The molecule has 2 aliphatic heterocycles. The number of hydrogen-bond acceptors (Lipinski definition) is 8. The molecule has 52 heavy (non-hydrogen) atoms. The first-order chi connectivity index (χ1) is 25.6. The van der Waals surface area contributed by atoms with Gasteiger partial charge in [0.2, 0.25) is 9.60 Å². The van der Waals surface area contributed by atoms with E-state index in [2.05, 4.69) is 20.4 Å². The molecule has 0 N–H and O–H groups in total. The maximum absolute atomic E-state index is 14.0. The van der Waals surface area contributed by atoms with Crippen LogP contribution in [0.25, 0.3) is 12.2 Å². The molecule has 0 aliphatic carbocycles. The average molecular weight is 713 g/mol. The normalized spacial score (nSPS) is 17.0. The summed E-state index contributed by atoms with van der Waals surface area (Å²) in [5.41, 5.74) is 6.68. The van der Waals surface area contributed by atoms with Crippen LogP contribution in [0.1, 0.15) is 45.5 Å². The Hall–Kier alpha value is -6.36. The lowest BCUT2D eigenvalue weighted by Crippen LogP contribution is -2.40. The van der Waals surface area contributed by atoms with E-state index in [1.54, 1.807) is 9.13 Å². The monoisotopic (exact) mass is 712 g/mol. The fourth-order valence-electron chi connectivity index (χ4n) is 6.64. The SMILES string of the molecule is O=c1/c(=C/c2ccc(/C=c3/sc4n(c3=O)C(c3ccccc3)C(c3ccccc3)=NN=4)cc2)sc2n1C(c1ccccc1)C(c1ccccc1)=NN=2. The fourth-order valence-corrected chi connectivity index (χ4v) is 8.53. The Morgan fingerprint density at radius 1 is 0.442 bits per heavy atom. The number of hydrogen-bond donors (Lipinski definition) is 0. The van der Waals surface area contributed by atoms with Gasteiger partial charge < -0.3 is 0 Å². The van der Waals surface area contributed by atoms with Gasteiger partial charge in [-0.3, -0.25) is 18.7 Å². The number of rotatable bonds is 6. The van der Waals surface area contributed by atoms with Crippen molar-refractivity contribution in [1.82, 2.24) is 9.13 Å². The molecule has 250 valence electrons. The molecule has 0 fully saturated rings. The maximum atomic E-state index is 14.0. The van der Waals surface area contributed by atoms with Crippen molar-refractivity contribution in [2.45, 2.75) is 12.1 Å². The minimum atomic E-state index is -0.405. The van der Waals surface area contributed by atoms with Crippen LogP contribution < -0.4 is 29.8 Å². The molecular formula is C42H28N6O2S2. The summed E-state index contributed by atoms with van der Waals surface area (Å²) in [7, 11) is 0. The fraction of sp³-hybridized carbons (Fsp3) is 0.0476. The molecule has 2 aromatic heterocycles. The van der Waals surface area contributed by atoms with Gasteiger partial charge in [-0.1, -0.05) is 168 Å². The van der Waals surface area contributed by atoms with Crippen molar-refractivity contribution in [3.63, 3.8) is 0 Å². The molecule has 7 aromatic rings. The zero-order valence-corrected chi connectivity index (χ0v) is 29.1. The van der Waals surface area contributed by atoms with Crippen LogP contribution in [0.5, 0.6) is 0 Å². The number of thiazole rings is 2. The minimum absolute atomic E-state index is 0.123. The summed E-state index contributed by atoms with van der Waals surface area (Å²) in [6, 6.07) is 46.6. The van der Waals surface area contributed by atoms with Gasteiger partial charge in [0.25, 0.3) is 11.1 Å². The van der Waals surface area contributed by atoms with E-state index in [1.807, 2.05) is 158 Å². The number of nitrogens with zero attached hydrogens (tertiary/aromatic N) is 6. The molecule has 5 aromatic carbocycles. The molecule has 2 atom stereocenters. The predicted octanol–water partition coefficient (Wildman–Crippen LogP) is 5.04. The largest absolute Gasteiger partial charge is 0.271 e. The van der Waals surface area contributed by atoms with Crippen molar-refractivity contribution in [3.05, 3.63) is 218 Å². The second-order valence-electron chi connectivity index (χ2n) is 12.3. The lowest BCUT2D eigenvalue weighted by molar-refractivity contribution is 0.657. The average Bonchev–Trinajstić information content (AvgIpc) is 3.70. The molecule has 0 spiro atoms. The van der Waals surface area contributed by atoms with Crippen molar-refractivity contribution >= 4 is 46.2 Å². The van der Waals surface area contributed by atoms with Crippen LogP contribution in [0.4, 0.5) is 0 Å². The van der Waals surface area contributed by atoms with Crippen molar-refractivity contribution in [2.24, 2.45) is 20.4 Å². The van der Waals surface area contributed by atoms with Crippen molar-refractivity contribution < 1.29 is 0 Å². The summed E-state index contributed by atoms with van der Waals surface area (Å²) in [6.45, 7) is 0. The molecule has 2 aliphatic rings. The molecule has 0 saturated heterocycles. The third-order valence-corrected chi connectivity index (χ3v) is 11.0. The van der Waals surface area contributed by atoms with Crippen molar-refractivity contribution in [1.29, 1.82) is 0 Å². The van der Waals surface area contributed by atoms with E-state index in [0.29, 0.717) is 18.7 Å². The molecule has 0 saturated carbocycles. The molecule has 2 unspecified atom stereocenters. The zero-order chi connectivity index (χ0) is 35.0. The molecule has 0 radical (unpaired) electrons. The molecular weight excluding hydrogens is 685 g/mol. The smallest absolute Gasteiger partial charge is 0.268 e. The van der Waals surface area contributed by atoms with Crippen LogP contribution in [0.3, 0.4) is 0 Å². The topological polar surface area (TPSA) is 93.4 Å². The number of aromatic nitrogens is 2. The lowest BCUT2D eigenvalue weighted by Gasteiger charge is -2.22. The summed E-state index contributed by atoms with van der Waals surface area (Å²) < 4.78 is 4.62. The minimum Gasteiger partial charge on any atom is -0.268 e. The van der Waals surface area contributed by atoms with Crippen LogP contribution in [0.15, 0.2) is 176 Å². The Bertz CT molecular complexity index is 2680. The first kappa shape index (κ1) is 31.6. The van der Waals surface area contributed by atoms with Gasteiger partial charge in [-0.2, -0.15) is 0 Å². The summed E-state index contributed by atoms with van der Waals surface area (Å²) >= 11 is 2.65. The predicted molar refractivity (Wildman–Crippen MR) is 207 cm³/mol. The van der Waals surface area contributed by atoms with E-state index in [9.17, 15) is 9.59 Å². The van der Waals surface area contributed by atoms with Gasteiger partial charge in [0.1, 0.15) is 12.1 Å². The van der Waals surface area contributed by atoms with Gasteiger partial charge in [-0.05, 0) is 34.4 Å². The Labute approximate surface area is 305 Å². The quantitative estimate of drug-likeness (QED) is 0.242. The Morgan fingerprint density at radius 3 is 1.15 bits per heavy atom. The van der Waals surface area contributed by atoms with E-state index >= 15 is 0 Å². The molecule has 0 bridgehead atoms. The van der Waals surface area contributed by atoms with E-state index in [1.165, 1.54) is 22.7 Å². The highest BCUT2D eigenvalue weighted by Gasteiger charge is 2.29. The van der Waals surface area contributed by atoms with E-state index in [-0.39, 0.29) is 11.1 Å². The second-order valence-corrected chi connectivity index (χ2v) is 14.4. The van der Waals surface area contributed by atoms with E-state index in [0.717, 1.165) is 44.8 Å². The molecule has 10 heteroatoms. The Kier molecular flexibility index (Phi) is 8.15. The van der Waals surface area contributed by atoms with E-state index in [4.69, 9.17) is 0 Å². The van der Waals surface area contributed by atoms with Gasteiger partial charge in [-0.15, -0.1) is 20.4 Å². The zero-order valence-electron chi connectivity index (χ0n) is 27.5. The lowest BCUT2D eigenvalue weighted by atomic mass is 9.96. The first-order valence-electron chi connectivity index (χ1n) is 16.7. The standard InChI is InChI=1S/C42H28N6O2S2/c49-39-33(51-41-45-43-35(29-13-5-1-6-14-29)37(47(39)41)31-17-9-3-10-18-31)25-27-21-23-28(24-22-27)26-34-40(50)48-38(32-19-11-4-12-20-32)36(44-46-42(48)52-34)30-15-7-2-8-16-30/h1-26,37-38H/b33-25-,34-26+. The van der Waals surface area contributed by atoms with Crippen LogP contribution in [-0.4, -0.2) is 20.6 Å². The summed E-state index contributed by atoms with van der Waals surface area (Å²) in [6.07, 6.45) is 3.76. The van der Waals surface area contributed by atoms with Crippen LogP contribution in [-0.2, 0) is 0 Å². The van der Waals surface area contributed by atoms with Crippen LogP contribution >= 0.6 is 22.7 Å². The first-order valence-corrected chi connectivity index (χ1v) is 18.3. The highest BCUT2D eigenvalue weighted by Crippen LogP contribution is 2.25. The summed E-state index contributed by atoms with van der Waals surface area (Å²) in [5.74, 6) is 0. The number of benzene rings is 5. The van der Waals surface area contributed by atoms with Gasteiger partial charge >= 0.3 is 0 Å². The van der Waals surface area contributed by atoms with Crippen LogP contribution in [0, 0.1) is 0 Å². The number of fused-ring (bicyclic) bond motifs is 2. The molecule has 9 rings (SSSR count). The second kappa shape index (κ2) is 13.4. The summed E-state index contributed by atoms with van der Waals surface area (Å²) in [4.78, 5) is 29.2. The highest BCUT2D eigenvalue weighted by atomic mass is 32.1. The molecule has 4 heterocycles. The van der Waals surface area contributed by atoms with Gasteiger partial charge in [0.05, 0.1) is 20.5 Å². The summed E-state index contributed by atoms with van der Waals surface area (Å²) in [5, 5.41) is 18.2. The maximum Gasteiger partial charge on any atom is 0.271 e. The van der Waals surface area contributed by atoms with Gasteiger partial charge in [0, 0.05) is 11.1 Å². The van der Waals surface area contributed by atoms with E-state index < -0.39 is 12.1 Å².